The summed E-state index contributed by atoms with van der Waals surface area (Å²) in [5.41, 5.74) is 0.806. The Kier molecular flexibility index (Phi) is 3.39. The highest BCUT2D eigenvalue weighted by Crippen LogP contribution is 2.14. The smallest absolute Gasteiger partial charge is 0.352 e. The first-order valence-electron chi connectivity index (χ1n) is 4.11. The lowest BCUT2D eigenvalue weighted by molar-refractivity contribution is -0.136. The van der Waals surface area contributed by atoms with Crippen LogP contribution in [-0.2, 0) is 19.1 Å². The van der Waals surface area contributed by atoms with Crippen molar-refractivity contribution in [2.24, 2.45) is 4.99 Å². The van der Waals surface area contributed by atoms with Crippen molar-refractivity contribution >= 4 is 17.7 Å². The molecule has 0 aliphatic carbocycles. The molecule has 0 saturated heterocycles. The van der Waals surface area contributed by atoms with Gasteiger partial charge in [-0.3, -0.25) is 4.99 Å². The molecule has 14 heavy (non-hydrogen) atoms. The molecule has 0 amide bonds. The van der Waals surface area contributed by atoms with Crippen molar-refractivity contribution in [3.05, 3.63) is 11.8 Å². The quantitative estimate of drug-likeness (QED) is 0.603. The number of methoxy groups -OCH3 is 2. The van der Waals surface area contributed by atoms with E-state index >= 15 is 0 Å². The number of rotatable bonds is 2. The van der Waals surface area contributed by atoms with Crippen molar-refractivity contribution in [3.63, 3.8) is 0 Å². The molecule has 0 aromatic heterocycles. The maximum absolute atomic E-state index is 11.0. The van der Waals surface area contributed by atoms with Gasteiger partial charge in [-0.15, -0.1) is 0 Å². The van der Waals surface area contributed by atoms with E-state index in [4.69, 9.17) is 0 Å². The molecule has 0 fully saturated rings. The number of nitrogens with zero attached hydrogens (tertiary/aromatic N) is 1. The van der Waals surface area contributed by atoms with Gasteiger partial charge in [-0.2, -0.15) is 0 Å². The predicted octanol–water partition coefficient (Wildman–Crippen LogP) is 0.451. The number of hydrogen-bond donors (Lipinski definition) is 0. The molecule has 1 aliphatic heterocycles. The van der Waals surface area contributed by atoms with E-state index < -0.39 is 11.9 Å². The van der Waals surface area contributed by atoms with Gasteiger partial charge in [-0.1, -0.05) is 0 Å². The van der Waals surface area contributed by atoms with Gasteiger partial charge in [0.15, 0.2) is 0 Å². The summed E-state index contributed by atoms with van der Waals surface area (Å²) in [4.78, 5) is 25.9. The van der Waals surface area contributed by atoms with Crippen LogP contribution in [0.1, 0.15) is 12.8 Å². The van der Waals surface area contributed by atoms with E-state index in [1.807, 2.05) is 0 Å². The number of aliphatic imine (C=N–C) groups is 1. The minimum Gasteiger partial charge on any atom is -0.466 e. The van der Waals surface area contributed by atoms with Crippen LogP contribution in [0.4, 0.5) is 0 Å². The van der Waals surface area contributed by atoms with Crippen molar-refractivity contribution in [2.45, 2.75) is 12.8 Å². The van der Waals surface area contributed by atoms with Crippen LogP contribution in [0.5, 0.6) is 0 Å². The molecule has 0 radical (unpaired) electrons. The van der Waals surface area contributed by atoms with E-state index in [1.54, 1.807) is 0 Å². The third-order valence-electron chi connectivity index (χ3n) is 1.88. The zero-order valence-electron chi connectivity index (χ0n) is 8.07. The molecule has 5 nitrogen and oxygen atoms in total. The first-order chi connectivity index (χ1) is 6.69. The summed E-state index contributed by atoms with van der Waals surface area (Å²) in [5, 5.41) is 0. The third kappa shape index (κ3) is 2.18. The van der Waals surface area contributed by atoms with Gasteiger partial charge in [-0.05, 0) is 6.42 Å². The van der Waals surface area contributed by atoms with Crippen molar-refractivity contribution in [3.8, 4) is 0 Å². The Morgan fingerprint density at radius 3 is 2.29 bits per heavy atom. The molecule has 0 saturated carbocycles. The number of esters is 2. The SMILES string of the molecule is COC(=O)C1=CN=C(C(=O)OC)CC1. The fourth-order valence-electron chi connectivity index (χ4n) is 1.10. The molecule has 76 valence electrons. The zero-order chi connectivity index (χ0) is 10.6. The molecule has 1 heterocycles. The number of hydrogen-bond acceptors (Lipinski definition) is 5. The highest BCUT2D eigenvalue weighted by molar-refractivity contribution is 6.36. The summed E-state index contributed by atoms with van der Waals surface area (Å²) in [7, 11) is 2.60. The van der Waals surface area contributed by atoms with E-state index in [2.05, 4.69) is 14.5 Å². The van der Waals surface area contributed by atoms with Gasteiger partial charge in [-0.25, -0.2) is 9.59 Å². The first kappa shape index (κ1) is 10.4. The monoisotopic (exact) mass is 197 g/mol. The summed E-state index contributed by atoms with van der Waals surface area (Å²) >= 11 is 0. The minimum absolute atomic E-state index is 0.333. The van der Waals surface area contributed by atoms with Crippen LogP contribution in [0.25, 0.3) is 0 Å². The van der Waals surface area contributed by atoms with Crippen molar-refractivity contribution < 1.29 is 19.1 Å². The minimum atomic E-state index is -0.454. The Morgan fingerprint density at radius 2 is 1.86 bits per heavy atom. The summed E-state index contributed by atoms with van der Waals surface area (Å²) in [5.74, 6) is -0.858. The third-order valence-corrected chi connectivity index (χ3v) is 1.88. The molecule has 0 bridgehead atoms. The molecular formula is C9H11NO4. The summed E-state index contributed by atoms with van der Waals surface area (Å²) < 4.78 is 9.02. The second kappa shape index (κ2) is 4.55. The fourth-order valence-corrected chi connectivity index (χ4v) is 1.10. The molecule has 0 unspecified atom stereocenters. The van der Waals surface area contributed by atoms with Crippen LogP contribution in [0.15, 0.2) is 16.8 Å². The van der Waals surface area contributed by atoms with Gasteiger partial charge < -0.3 is 9.47 Å². The average Bonchev–Trinajstić information content (AvgIpc) is 2.27. The Balaban J connectivity index is 2.73. The van der Waals surface area contributed by atoms with Crippen LogP contribution in [-0.4, -0.2) is 31.9 Å². The molecular weight excluding hydrogens is 186 g/mol. The summed E-state index contributed by atoms with van der Waals surface area (Å²) in [6, 6.07) is 0. The van der Waals surface area contributed by atoms with Gasteiger partial charge in [0, 0.05) is 12.6 Å². The largest absolute Gasteiger partial charge is 0.466 e. The first-order valence-corrected chi connectivity index (χ1v) is 4.11. The van der Waals surface area contributed by atoms with E-state index in [1.165, 1.54) is 20.4 Å². The normalized spacial score (nSPS) is 15.3. The lowest BCUT2D eigenvalue weighted by Gasteiger charge is -2.09. The van der Waals surface area contributed by atoms with Crippen molar-refractivity contribution in [1.29, 1.82) is 0 Å². The summed E-state index contributed by atoms with van der Waals surface area (Å²) in [6.45, 7) is 0. The van der Waals surface area contributed by atoms with Gasteiger partial charge in [0.1, 0.15) is 5.71 Å². The van der Waals surface area contributed by atoms with Gasteiger partial charge >= 0.3 is 11.9 Å². The number of carbonyl (C=O) groups excluding carboxylic acids is 2. The molecule has 5 heteroatoms. The van der Waals surface area contributed by atoms with Crippen LogP contribution in [0, 0.1) is 0 Å². The number of ether oxygens (including phenoxy) is 2. The van der Waals surface area contributed by atoms with Crippen molar-refractivity contribution in [2.75, 3.05) is 14.2 Å². The molecule has 0 aromatic rings. The lowest BCUT2D eigenvalue weighted by Crippen LogP contribution is -2.19. The highest BCUT2D eigenvalue weighted by Gasteiger charge is 2.19. The maximum atomic E-state index is 11.0. The van der Waals surface area contributed by atoms with E-state index in [0.29, 0.717) is 24.1 Å². The lowest BCUT2D eigenvalue weighted by atomic mass is 10.1. The molecule has 0 aromatic carbocycles. The van der Waals surface area contributed by atoms with Crippen LogP contribution in [0.3, 0.4) is 0 Å². The summed E-state index contributed by atoms with van der Waals surface area (Å²) in [6.07, 6.45) is 2.22. The van der Waals surface area contributed by atoms with Crippen LogP contribution >= 0.6 is 0 Å². The topological polar surface area (TPSA) is 65.0 Å². The average molecular weight is 197 g/mol. The van der Waals surface area contributed by atoms with Crippen LogP contribution < -0.4 is 0 Å². The van der Waals surface area contributed by atoms with E-state index in [9.17, 15) is 9.59 Å². The van der Waals surface area contributed by atoms with Gasteiger partial charge in [0.25, 0.3) is 0 Å². The molecule has 0 N–H and O–H groups in total. The molecule has 1 rings (SSSR count). The van der Waals surface area contributed by atoms with Gasteiger partial charge in [0.05, 0.1) is 19.8 Å². The predicted molar refractivity (Wildman–Crippen MR) is 48.8 cm³/mol. The van der Waals surface area contributed by atoms with Crippen molar-refractivity contribution in [1.82, 2.24) is 0 Å². The standard InChI is InChI=1S/C9H11NO4/c1-13-8(11)6-3-4-7(10-5-6)9(12)14-2/h5H,3-4H2,1-2H3. The van der Waals surface area contributed by atoms with E-state index in [-0.39, 0.29) is 0 Å². The van der Waals surface area contributed by atoms with Gasteiger partial charge in [0.2, 0.25) is 0 Å². The highest BCUT2D eigenvalue weighted by atomic mass is 16.5. The Hall–Kier alpha value is -1.65. The molecule has 0 atom stereocenters. The second-order valence-electron chi connectivity index (χ2n) is 2.71. The Bertz CT molecular complexity index is 285. The maximum Gasteiger partial charge on any atom is 0.352 e. The van der Waals surface area contributed by atoms with E-state index in [0.717, 1.165) is 0 Å². The number of carbonyl (C=O) groups is 2. The molecule has 1 aliphatic rings. The Morgan fingerprint density at radius 1 is 1.21 bits per heavy atom. The zero-order valence-corrected chi connectivity index (χ0v) is 8.07. The fraction of sp³-hybridized carbons (Fsp3) is 0.444. The Labute approximate surface area is 81.4 Å². The second-order valence-corrected chi connectivity index (χ2v) is 2.71. The molecule has 0 spiro atoms. The van der Waals surface area contributed by atoms with Crippen LogP contribution in [0.2, 0.25) is 0 Å².